The molecule has 0 radical (unpaired) electrons. The Morgan fingerprint density at radius 2 is 2.33 bits per heavy atom. The van der Waals surface area contributed by atoms with Crippen LogP contribution in [0.3, 0.4) is 0 Å². The standard InChI is InChI=1S/C11H17N3O/c1-2-3-4-10(12)8-5-9(7-15)11(13)14-6-8/h5-7,10H,2-4,12H2,1H3,(H2,13,14)/t10-/m1/s1. The van der Waals surface area contributed by atoms with Crippen molar-refractivity contribution in [3.05, 3.63) is 23.4 Å². The van der Waals surface area contributed by atoms with Gasteiger partial charge in [0, 0.05) is 12.2 Å². The number of unbranched alkanes of at least 4 members (excludes halogenated alkanes) is 1. The number of nitrogens with zero attached hydrogens (tertiary/aromatic N) is 1. The highest BCUT2D eigenvalue weighted by Crippen LogP contribution is 2.18. The topological polar surface area (TPSA) is 82.0 Å². The van der Waals surface area contributed by atoms with E-state index in [1.165, 1.54) is 0 Å². The van der Waals surface area contributed by atoms with Crippen LogP contribution in [0.25, 0.3) is 0 Å². The lowest BCUT2D eigenvalue weighted by atomic mass is 10.0. The van der Waals surface area contributed by atoms with Crippen LogP contribution in [0, 0.1) is 0 Å². The SMILES string of the molecule is CCCC[C@@H](N)c1cnc(N)c(C=O)c1. The number of aldehydes is 1. The van der Waals surface area contributed by atoms with Crippen molar-refractivity contribution in [1.82, 2.24) is 4.98 Å². The Hall–Kier alpha value is -1.42. The summed E-state index contributed by atoms with van der Waals surface area (Å²) < 4.78 is 0. The third-order valence-corrected chi connectivity index (χ3v) is 2.39. The number of hydrogen-bond acceptors (Lipinski definition) is 4. The molecule has 82 valence electrons. The normalized spacial score (nSPS) is 12.4. The van der Waals surface area contributed by atoms with Gasteiger partial charge in [0.1, 0.15) is 5.82 Å². The van der Waals surface area contributed by atoms with Crippen molar-refractivity contribution >= 4 is 12.1 Å². The van der Waals surface area contributed by atoms with Crippen LogP contribution in [0.4, 0.5) is 5.82 Å². The number of aromatic nitrogens is 1. The molecule has 0 bridgehead atoms. The number of carbonyl (C=O) groups is 1. The number of hydrogen-bond donors (Lipinski definition) is 2. The van der Waals surface area contributed by atoms with Crippen molar-refractivity contribution < 1.29 is 4.79 Å². The number of nitrogens with two attached hydrogens (primary N) is 2. The monoisotopic (exact) mass is 207 g/mol. The van der Waals surface area contributed by atoms with E-state index in [4.69, 9.17) is 11.5 Å². The van der Waals surface area contributed by atoms with Crippen LogP contribution in [0.15, 0.2) is 12.3 Å². The molecule has 0 unspecified atom stereocenters. The first-order valence-electron chi connectivity index (χ1n) is 5.15. The lowest BCUT2D eigenvalue weighted by molar-refractivity contribution is 0.112. The number of carbonyl (C=O) groups excluding carboxylic acids is 1. The second-order valence-corrected chi connectivity index (χ2v) is 3.61. The van der Waals surface area contributed by atoms with E-state index in [9.17, 15) is 4.79 Å². The largest absolute Gasteiger partial charge is 0.383 e. The van der Waals surface area contributed by atoms with Gasteiger partial charge in [-0.2, -0.15) is 0 Å². The van der Waals surface area contributed by atoms with Crippen molar-refractivity contribution in [1.29, 1.82) is 0 Å². The van der Waals surface area contributed by atoms with E-state index in [-0.39, 0.29) is 11.9 Å². The summed E-state index contributed by atoms with van der Waals surface area (Å²) in [4.78, 5) is 14.6. The molecular weight excluding hydrogens is 190 g/mol. The van der Waals surface area contributed by atoms with Crippen molar-refractivity contribution in [2.45, 2.75) is 32.2 Å². The Morgan fingerprint density at radius 3 is 2.93 bits per heavy atom. The summed E-state index contributed by atoms with van der Waals surface area (Å²) >= 11 is 0. The summed E-state index contributed by atoms with van der Waals surface area (Å²) in [6.45, 7) is 2.12. The van der Waals surface area contributed by atoms with Gasteiger partial charge in [-0.3, -0.25) is 4.79 Å². The summed E-state index contributed by atoms with van der Waals surface area (Å²) in [5.74, 6) is 0.261. The Bertz CT molecular complexity index is 339. The quantitative estimate of drug-likeness (QED) is 0.719. The molecule has 0 amide bonds. The summed E-state index contributed by atoms with van der Waals surface area (Å²) in [6.07, 6.45) is 5.43. The summed E-state index contributed by atoms with van der Waals surface area (Å²) in [6, 6.07) is 1.66. The minimum Gasteiger partial charge on any atom is -0.383 e. The average Bonchev–Trinajstić information content (AvgIpc) is 2.26. The Labute approximate surface area is 89.7 Å². The predicted molar refractivity (Wildman–Crippen MR) is 60.5 cm³/mol. The van der Waals surface area contributed by atoms with Crippen LogP contribution in [0.2, 0.25) is 0 Å². The maximum Gasteiger partial charge on any atom is 0.153 e. The van der Waals surface area contributed by atoms with E-state index < -0.39 is 0 Å². The van der Waals surface area contributed by atoms with E-state index in [1.54, 1.807) is 12.3 Å². The minimum atomic E-state index is -0.0586. The summed E-state index contributed by atoms with van der Waals surface area (Å²) in [7, 11) is 0. The lowest BCUT2D eigenvalue weighted by Gasteiger charge is -2.11. The van der Waals surface area contributed by atoms with Gasteiger partial charge in [0.05, 0.1) is 5.56 Å². The lowest BCUT2D eigenvalue weighted by Crippen LogP contribution is -2.11. The van der Waals surface area contributed by atoms with Crippen LogP contribution in [0.1, 0.15) is 48.1 Å². The summed E-state index contributed by atoms with van der Waals surface area (Å²) in [5.41, 5.74) is 12.8. The third-order valence-electron chi connectivity index (χ3n) is 2.39. The molecule has 0 aliphatic rings. The highest BCUT2D eigenvalue weighted by Gasteiger charge is 2.08. The first kappa shape index (κ1) is 11.7. The molecule has 4 heteroatoms. The predicted octanol–water partition coefficient (Wildman–Crippen LogP) is 1.67. The van der Waals surface area contributed by atoms with Gasteiger partial charge < -0.3 is 11.5 Å². The molecule has 0 spiro atoms. The molecule has 1 aromatic rings. The van der Waals surface area contributed by atoms with Crippen LogP contribution < -0.4 is 11.5 Å². The van der Waals surface area contributed by atoms with Gasteiger partial charge in [-0.05, 0) is 18.1 Å². The van der Waals surface area contributed by atoms with Gasteiger partial charge in [0.25, 0.3) is 0 Å². The Kier molecular flexibility index (Phi) is 4.24. The van der Waals surface area contributed by atoms with Crippen LogP contribution in [-0.4, -0.2) is 11.3 Å². The van der Waals surface area contributed by atoms with Crippen molar-refractivity contribution in [2.24, 2.45) is 5.73 Å². The van der Waals surface area contributed by atoms with Gasteiger partial charge >= 0.3 is 0 Å². The molecule has 0 aliphatic heterocycles. The van der Waals surface area contributed by atoms with E-state index >= 15 is 0 Å². The molecule has 0 aromatic carbocycles. The van der Waals surface area contributed by atoms with E-state index in [0.29, 0.717) is 11.8 Å². The maximum absolute atomic E-state index is 10.7. The minimum absolute atomic E-state index is 0.0586. The zero-order chi connectivity index (χ0) is 11.3. The molecule has 4 nitrogen and oxygen atoms in total. The molecular formula is C11H17N3O. The van der Waals surface area contributed by atoms with E-state index in [2.05, 4.69) is 11.9 Å². The van der Waals surface area contributed by atoms with Crippen LogP contribution >= 0.6 is 0 Å². The molecule has 1 heterocycles. The molecule has 0 saturated heterocycles. The first-order valence-corrected chi connectivity index (χ1v) is 5.15. The first-order chi connectivity index (χ1) is 7.19. The molecule has 15 heavy (non-hydrogen) atoms. The fraction of sp³-hybridized carbons (Fsp3) is 0.455. The Balaban J connectivity index is 2.80. The zero-order valence-corrected chi connectivity index (χ0v) is 8.94. The molecule has 1 aromatic heterocycles. The van der Waals surface area contributed by atoms with Gasteiger partial charge in [-0.1, -0.05) is 19.8 Å². The van der Waals surface area contributed by atoms with E-state index in [0.717, 1.165) is 24.8 Å². The molecule has 0 aliphatic carbocycles. The highest BCUT2D eigenvalue weighted by atomic mass is 16.1. The second kappa shape index (κ2) is 5.46. The fourth-order valence-corrected chi connectivity index (χ4v) is 1.40. The molecule has 0 saturated carbocycles. The number of anilines is 1. The van der Waals surface area contributed by atoms with Gasteiger partial charge in [0.15, 0.2) is 6.29 Å². The number of nitrogen functional groups attached to an aromatic ring is 1. The average molecular weight is 207 g/mol. The highest BCUT2D eigenvalue weighted by molar-refractivity contribution is 5.81. The van der Waals surface area contributed by atoms with Crippen LogP contribution in [-0.2, 0) is 0 Å². The van der Waals surface area contributed by atoms with Crippen molar-refractivity contribution in [3.63, 3.8) is 0 Å². The van der Waals surface area contributed by atoms with Gasteiger partial charge in [0.2, 0.25) is 0 Å². The second-order valence-electron chi connectivity index (χ2n) is 3.61. The molecule has 1 atom stereocenters. The third kappa shape index (κ3) is 3.02. The van der Waals surface area contributed by atoms with Crippen molar-refractivity contribution in [2.75, 3.05) is 5.73 Å². The van der Waals surface area contributed by atoms with Crippen molar-refractivity contribution in [3.8, 4) is 0 Å². The zero-order valence-electron chi connectivity index (χ0n) is 8.94. The maximum atomic E-state index is 10.7. The number of pyridine rings is 1. The smallest absolute Gasteiger partial charge is 0.153 e. The van der Waals surface area contributed by atoms with Gasteiger partial charge in [-0.25, -0.2) is 4.98 Å². The Morgan fingerprint density at radius 1 is 1.60 bits per heavy atom. The van der Waals surface area contributed by atoms with E-state index in [1.807, 2.05) is 0 Å². The van der Waals surface area contributed by atoms with Crippen LogP contribution in [0.5, 0.6) is 0 Å². The molecule has 4 N–H and O–H groups in total. The number of rotatable bonds is 5. The molecule has 1 rings (SSSR count). The summed E-state index contributed by atoms with van der Waals surface area (Å²) in [5, 5.41) is 0. The van der Waals surface area contributed by atoms with Gasteiger partial charge in [-0.15, -0.1) is 0 Å². The molecule has 0 fully saturated rings. The fourth-order valence-electron chi connectivity index (χ4n) is 1.40.